The lowest BCUT2D eigenvalue weighted by molar-refractivity contribution is -0.384. The number of nitro benzene ring substituents is 1. The lowest BCUT2D eigenvalue weighted by Gasteiger charge is -2.02. The van der Waals surface area contributed by atoms with E-state index in [2.05, 4.69) is 10.5 Å². The Morgan fingerprint density at radius 1 is 1.53 bits per heavy atom. The molecule has 0 fully saturated rings. The highest BCUT2D eigenvalue weighted by Crippen LogP contribution is 2.32. The van der Waals surface area contributed by atoms with Crippen LogP contribution in [0.3, 0.4) is 0 Å². The topological polar surface area (TPSA) is 117 Å². The smallest absolute Gasteiger partial charge is 0.298 e. The Bertz CT molecular complexity index is 503. The Labute approximate surface area is 106 Å². The van der Waals surface area contributed by atoms with Crippen molar-refractivity contribution in [1.29, 1.82) is 5.41 Å². The second kappa shape index (κ2) is 5.46. The SMILES string of the molecule is N=C(N)NN=Cc1c(Cl)ccc(Cl)c1[N+](=O)[O-]. The summed E-state index contributed by atoms with van der Waals surface area (Å²) in [4.78, 5) is 10.1. The van der Waals surface area contributed by atoms with Crippen molar-refractivity contribution in [1.82, 2.24) is 5.43 Å². The van der Waals surface area contributed by atoms with E-state index in [-0.39, 0.29) is 21.3 Å². The normalized spacial score (nSPS) is 10.5. The first kappa shape index (κ1) is 13.2. The zero-order valence-corrected chi connectivity index (χ0v) is 9.79. The van der Waals surface area contributed by atoms with Crippen molar-refractivity contribution < 1.29 is 4.92 Å². The Morgan fingerprint density at radius 3 is 2.65 bits per heavy atom. The first-order valence-electron chi connectivity index (χ1n) is 4.19. The number of benzene rings is 1. The molecule has 1 aromatic rings. The van der Waals surface area contributed by atoms with E-state index in [1.165, 1.54) is 12.1 Å². The molecule has 0 heterocycles. The minimum absolute atomic E-state index is 0.0397. The lowest BCUT2D eigenvalue weighted by Crippen LogP contribution is -2.25. The molecule has 0 aliphatic rings. The Hall–Kier alpha value is -1.86. The van der Waals surface area contributed by atoms with Crippen molar-refractivity contribution in [2.24, 2.45) is 10.8 Å². The summed E-state index contributed by atoms with van der Waals surface area (Å²) < 4.78 is 0. The summed E-state index contributed by atoms with van der Waals surface area (Å²) in [7, 11) is 0. The highest BCUT2D eigenvalue weighted by Gasteiger charge is 2.20. The van der Waals surface area contributed by atoms with Gasteiger partial charge in [0.1, 0.15) is 5.02 Å². The second-order valence-electron chi connectivity index (χ2n) is 2.83. The third kappa shape index (κ3) is 3.30. The van der Waals surface area contributed by atoms with E-state index >= 15 is 0 Å². The molecule has 0 spiro atoms. The van der Waals surface area contributed by atoms with Gasteiger partial charge in [-0.15, -0.1) is 0 Å². The molecule has 0 aliphatic carbocycles. The maximum atomic E-state index is 10.8. The van der Waals surface area contributed by atoms with Crippen LogP contribution in [0, 0.1) is 15.5 Å². The van der Waals surface area contributed by atoms with Gasteiger partial charge < -0.3 is 5.73 Å². The van der Waals surface area contributed by atoms with Crippen molar-refractivity contribution in [3.63, 3.8) is 0 Å². The number of rotatable bonds is 3. The third-order valence-corrected chi connectivity index (χ3v) is 2.31. The monoisotopic (exact) mass is 275 g/mol. The van der Waals surface area contributed by atoms with Crippen LogP contribution in [-0.4, -0.2) is 17.1 Å². The van der Waals surface area contributed by atoms with Crippen LogP contribution in [0.4, 0.5) is 5.69 Å². The second-order valence-corrected chi connectivity index (χ2v) is 3.65. The standard InChI is InChI=1S/C8H7Cl2N5O2/c9-5-1-2-6(10)7(15(16)17)4(5)3-13-14-8(11)12/h1-3H,(H4,11,12,14). The number of guanidine groups is 1. The largest absolute Gasteiger partial charge is 0.369 e. The van der Waals surface area contributed by atoms with E-state index in [0.717, 1.165) is 6.21 Å². The Kier molecular flexibility index (Phi) is 4.24. The molecule has 7 nitrogen and oxygen atoms in total. The van der Waals surface area contributed by atoms with E-state index in [0.29, 0.717) is 0 Å². The van der Waals surface area contributed by atoms with Gasteiger partial charge >= 0.3 is 0 Å². The molecule has 0 amide bonds. The van der Waals surface area contributed by atoms with Crippen LogP contribution < -0.4 is 11.2 Å². The van der Waals surface area contributed by atoms with Gasteiger partial charge in [-0.25, -0.2) is 5.43 Å². The van der Waals surface area contributed by atoms with Gasteiger partial charge in [0.15, 0.2) is 0 Å². The number of hydrogen-bond acceptors (Lipinski definition) is 4. The summed E-state index contributed by atoms with van der Waals surface area (Å²) in [6, 6.07) is 2.73. The van der Waals surface area contributed by atoms with Gasteiger partial charge in [0.25, 0.3) is 5.69 Å². The van der Waals surface area contributed by atoms with Gasteiger partial charge in [-0.1, -0.05) is 23.2 Å². The molecule has 0 bridgehead atoms. The summed E-state index contributed by atoms with van der Waals surface area (Å²) in [6.07, 6.45) is 1.08. The summed E-state index contributed by atoms with van der Waals surface area (Å²) in [5.41, 5.74) is 6.79. The molecular formula is C8H7Cl2N5O2. The van der Waals surface area contributed by atoms with Crippen LogP contribution in [0.5, 0.6) is 0 Å². The first-order chi connectivity index (χ1) is 7.93. The fourth-order valence-electron chi connectivity index (χ4n) is 1.03. The van der Waals surface area contributed by atoms with Gasteiger partial charge in [0.05, 0.1) is 21.7 Å². The predicted molar refractivity (Wildman–Crippen MR) is 65.8 cm³/mol. The summed E-state index contributed by atoms with van der Waals surface area (Å²) in [6.45, 7) is 0. The number of nitrogens with zero attached hydrogens (tertiary/aromatic N) is 2. The number of nitro groups is 1. The Morgan fingerprint density at radius 2 is 2.12 bits per heavy atom. The quantitative estimate of drug-likeness (QED) is 0.337. The molecule has 1 aromatic carbocycles. The first-order valence-corrected chi connectivity index (χ1v) is 4.94. The van der Waals surface area contributed by atoms with Crippen molar-refractivity contribution in [2.75, 3.05) is 0 Å². The zero-order valence-electron chi connectivity index (χ0n) is 8.28. The molecule has 0 saturated heterocycles. The average Bonchev–Trinajstić information content (AvgIpc) is 2.22. The zero-order chi connectivity index (χ0) is 13.0. The van der Waals surface area contributed by atoms with Crippen molar-refractivity contribution in [2.45, 2.75) is 0 Å². The van der Waals surface area contributed by atoms with Crippen LogP contribution >= 0.6 is 23.2 Å². The minimum Gasteiger partial charge on any atom is -0.369 e. The maximum absolute atomic E-state index is 10.8. The van der Waals surface area contributed by atoms with Crippen LogP contribution in [0.1, 0.15) is 5.56 Å². The van der Waals surface area contributed by atoms with E-state index in [4.69, 9.17) is 34.3 Å². The van der Waals surface area contributed by atoms with Crippen molar-refractivity contribution in [3.05, 3.63) is 37.9 Å². The fourth-order valence-corrected chi connectivity index (χ4v) is 1.47. The molecule has 9 heteroatoms. The van der Waals surface area contributed by atoms with E-state index in [9.17, 15) is 10.1 Å². The molecule has 90 valence electrons. The van der Waals surface area contributed by atoms with E-state index < -0.39 is 10.9 Å². The molecule has 1 rings (SSSR count). The van der Waals surface area contributed by atoms with Crippen molar-refractivity contribution >= 4 is 41.1 Å². The number of nitrogens with two attached hydrogens (primary N) is 1. The number of nitrogens with one attached hydrogen (secondary N) is 2. The third-order valence-electron chi connectivity index (χ3n) is 1.68. The fraction of sp³-hybridized carbons (Fsp3) is 0. The molecular weight excluding hydrogens is 269 g/mol. The molecule has 0 atom stereocenters. The maximum Gasteiger partial charge on any atom is 0.298 e. The van der Waals surface area contributed by atoms with Crippen LogP contribution in [-0.2, 0) is 0 Å². The molecule has 17 heavy (non-hydrogen) atoms. The molecule has 4 N–H and O–H groups in total. The highest BCUT2D eigenvalue weighted by molar-refractivity contribution is 6.37. The van der Waals surface area contributed by atoms with Crippen LogP contribution in [0.15, 0.2) is 17.2 Å². The van der Waals surface area contributed by atoms with E-state index in [1.807, 2.05) is 0 Å². The summed E-state index contributed by atoms with van der Waals surface area (Å²) in [5, 5.41) is 21.2. The van der Waals surface area contributed by atoms with Crippen molar-refractivity contribution in [3.8, 4) is 0 Å². The summed E-state index contributed by atoms with van der Waals surface area (Å²) in [5.74, 6) is -0.401. The number of hydrogen-bond donors (Lipinski definition) is 3. The molecule has 0 aliphatic heterocycles. The predicted octanol–water partition coefficient (Wildman–Crippen LogP) is 1.72. The molecule has 0 unspecified atom stereocenters. The van der Waals surface area contributed by atoms with Crippen LogP contribution in [0.25, 0.3) is 0 Å². The van der Waals surface area contributed by atoms with Gasteiger partial charge in [-0.05, 0) is 12.1 Å². The summed E-state index contributed by atoms with van der Waals surface area (Å²) >= 11 is 11.5. The van der Waals surface area contributed by atoms with Gasteiger partial charge in [0.2, 0.25) is 5.96 Å². The molecule has 0 aromatic heterocycles. The van der Waals surface area contributed by atoms with Gasteiger partial charge in [-0.2, -0.15) is 5.10 Å². The minimum atomic E-state index is -0.663. The highest BCUT2D eigenvalue weighted by atomic mass is 35.5. The van der Waals surface area contributed by atoms with Gasteiger partial charge in [0, 0.05) is 0 Å². The van der Waals surface area contributed by atoms with Crippen LogP contribution in [0.2, 0.25) is 10.0 Å². The molecule has 0 radical (unpaired) electrons. The number of hydrazone groups is 1. The lowest BCUT2D eigenvalue weighted by atomic mass is 10.2. The van der Waals surface area contributed by atoms with Gasteiger partial charge in [-0.3, -0.25) is 15.5 Å². The number of halogens is 2. The average molecular weight is 276 g/mol. The Balaban J connectivity index is 3.21. The molecule has 0 saturated carbocycles. The van der Waals surface area contributed by atoms with E-state index in [1.54, 1.807) is 0 Å².